The van der Waals surface area contributed by atoms with Crippen molar-refractivity contribution in [3.63, 3.8) is 0 Å². The van der Waals surface area contributed by atoms with Crippen LogP contribution in [0.1, 0.15) is 55.3 Å². The molecule has 28 heavy (non-hydrogen) atoms. The molecule has 1 aliphatic rings. The van der Waals surface area contributed by atoms with E-state index in [4.69, 9.17) is 19.8 Å². The summed E-state index contributed by atoms with van der Waals surface area (Å²) >= 11 is 1.74. The monoisotopic (exact) mass is 399 g/mol. The second-order valence-electron chi connectivity index (χ2n) is 7.55. The van der Waals surface area contributed by atoms with Crippen LogP contribution in [-0.2, 0) is 4.74 Å². The second-order valence-corrected chi connectivity index (χ2v) is 8.52. The molecule has 0 bridgehead atoms. The molecule has 0 amide bonds. The second kappa shape index (κ2) is 7.79. The van der Waals surface area contributed by atoms with E-state index in [-0.39, 0.29) is 0 Å². The molecule has 0 radical (unpaired) electrons. The van der Waals surface area contributed by atoms with E-state index in [2.05, 4.69) is 50.1 Å². The van der Waals surface area contributed by atoms with E-state index in [1.807, 2.05) is 0 Å². The van der Waals surface area contributed by atoms with E-state index in [1.54, 1.807) is 11.3 Å². The average Bonchev–Trinajstić information content (AvgIpc) is 3.22. The molecule has 150 valence electrons. The molecule has 1 aliphatic heterocycles. The summed E-state index contributed by atoms with van der Waals surface area (Å²) in [7, 11) is 0. The van der Waals surface area contributed by atoms with Crippen molar-refractivity contribution in [3.8, 4) is 10.6 Å². The van der Waals surface area contributed by atoms with E-state index in [9.17, 15) is 0 Å². The lowest BCUT2D eigenvalue weighted by atomic mass is 9.95. The fourth-order valence-corrected chi connectivity index (χ4v) is 5.26. The Labute approximate surface area is 170 Å². The highest BCUT2D eigenvalue weighted by Gasteiger charge is 2.24. The van der Waals surface area contributed by atoms with Gasteiger partial charge in [-0.1, -0.05) is 25.2 Å². The van der Waals surface area contributed by atoms with Crippen molar-refractivity contribution in [2.75, 3.05) is 31.2 Å². The maximum Gasteiger partial charge on any atom is 0.186 e. The number of aryl methyl sites for hydroxylation is 3. The lowest BCUT2D eigenvalue weighted by molar-refractivity contribution is 0.122. The third-order valence-electron chi connectivity index (χ3n) is 5.62. The van der Waals surface area contributed by atoms with Crippen molar-refractivity contribution in [3.05, 3.63) is 28.7 Å². The molecule has 1 fully saturated rings. The number of fused-ring (bicyclic) bond motifs is 1. The minimum absolute atomic E-state index is 0.505. The largest absolute Gasteiger partial charge is 0.378 e. The molecule has 7 heteroatoms. The van der Waals surface area contributed by atoms with Gasteiger partial charge in [0.25, 0.3) is 0 Å². The molecule has 0 N–H and O–H groups in total. The molecule has 0 atom stereocenters. The van der Waals surface area contributed by atoms with E-state index in [1.165, 1.54) is 10.4 Å². The standard InChI is InChI=1S/C21H29N5OS/c1-6-16(7-2)17-12-13(3)24-26-18(14(4)22-20(17)26)19-15(5)23-21(28-19)25-8-10-27-11-9-25/h12,16H,6-11H2,1-5H3. The van der Waals surface area contributed by atoms with Gasteiger partial charge in [0.2, 0.25) is 0 Å². The summed E-state index contributed by atoms with van der Waals surface area (Å²) in [6.45, 7) is 14.1. The number of anilines is 1. The normalized spacial score (nSPS) is 15.1. The lowest BCUT2D eigenvalue weighted by Crippen LogP contribution is -2.36. The van der Waals surface area contributed by atoms with Crippen LogP contribution in [0.25, 0.3) is 16.2 Å². The Hall–Kier alpha value is -1.99. The van der Waals surface area contributed by atoms with Crippen LogP contribution in [0.15, 0.2) is 6.07 Å². The zero-order valence-corrected chi connectivity index (χ0v) is 18.3. The Morgan fingerprint density at radius 3 is 2.46 bits per heavy atom. The Bertz CT molecular complexity index is 983. The molecular formula is C21H29N5OS. The summed E-state index contributed by atoms with van der Waals surface area (Å²) in [4.78, 5) is 13.3. The average molecular weight is 400 g/mol. The highest BCUT2D eigenvalue weighted by molar-refractivity contribution is 7.19. The molecular weight excluding hydrogens is 370 g/mol. The van der Waals surface area contributed by atoms with Crippen molar-refractivity contribution >= 4 is 22.1 Å². The smallest absolute Gasteiger partial charge is 0.186 e. The van der Waals surface area contributed by atoms with Crippen molar-refractivity contribution in [1.82, 2.24) is 19.6 Å². The fourth-order valence-electron chi connectivity index (χ4n) is 4.06. The molecule has 3 aromatic rings. The van der Waals surface area contributed by atoms with E-state index >= 15 is 0 Å². The molecule has 4 rings (SSSR count). The molecule has 0 saturated carbocycles. The molecule has 0 aliphatic carbocycles. The van der Waals surface area contributed by atoms with E-state index in [0.29, 0.717) is 5.92 Å². The molecule has 3 aromatic heterocycles. The van der Waals surface area contributed by atoms with Gasteiger partial charge in [0.1, 0.15) is 5.69 Å². The van der Waals surface area contributed by atoms with Gasteiger partial charge in [-0.3, -0.25) is 0 Å². The van der Waals surface area contributed by atoms with Gasteiger partial charge in [-0.2, -0.15) is 5.10 Å². The van der Waals surface area contributed by atoms with Gasteiger partial charge in [-0.15, -0.1) is 0 Å². The molecule has 4 heterocycles. The summed E-state index contributed by atoms with van der Waals surface area (Å²) in [5, 5.41) is 5.91. The van der Waals surface area contributed by atoms with Gasteiger partial charge in [0, 0.05) is 18.7 Å². The Morgan fingerprint density at radius 1 is 1.07 bits per heavy atom. The molecule has 0 spiro atoms. The number of imidazole rings is 1. The van der Waals surface area contributed by atoms with Crippen LogP contribution in [-0.4, -0.2) is 45.9 Å². The number of morpholine rings is 1. The van der Waals surface area contributed by atoms with Crippen LogP contribution >= 0.6 is 11.3 Å². The number of hydrogen-bond donors (Lipinski definition) is 0. The zero-order chi connectivity index (χ0) is 19.8. The van der Waals surface area contributed by atoms with Gasteiger partial charge in [-0.25, -0.2) is 14.5 Å². The third-order valence-corrected chi connectivity index (χ3v) is 6.84. The first-order valence-electron chi connectivity index (χ1n) is 10.2. The van der Waals surface area contributed by atoms with Crippen LogP contribution in [0.5, 0.6) is 0 Å². The number of ether oxygens (including phenoxy) is 1. The van der Waals surface area contributed by atoms with Crippen molar-refractivity contribution in [2.45, 2.75) is 53.4 Å². The van der Waals surface area contributed by atoms with Gasteiger partial charge < -0.3 is 9.64 Å². The molecule has 1 saturated heterocycles. The number of nitrogens with zero attached hydrogens (tertiary/aromatic N) is 5. The predicted molar refractivity (Wildman–Crippen MR) is 115 cm³/mol. The summed E-state index contributed by atoms with van der Waals surface area (Å²) in [5.74, 6) is 0.505. The molecule has 0 aromatic carbocycles. The van der Waals surface area contributed by atoms with Crippen LogP contribution in [0, 0.1) is 20.8 Å². The number of thiazole rings is 1. The Balaban J connectivity index is 1.85. The van der Waals surface area contributed by atoms with Crippen molar-refractivity contribution in [1.29, 1.82) is 0 Å². The quantitative estimate of drug-likeness (QED) is 0.631. The highest BCUT2D eigenvalue weighted by Crippen LogP contribution is 2.38. The summed E-state index contributed by atoms with van der Waals surface area (Å²) in [6.07, 6.45) is 2.22. The number of hydrogen-bond acceptors (Lipinski definition) is 6. The summed E-state index contributed by atoms with van der Waals surface area (Å²) < 4.78 is 7.55. The number of aromatic nitrogens is 4. The fraction of sp³-hybridized carbons (Fsp3) is 0.571. The minimum Gasteiger partial charge on any atom is -0.378 e. The first kappa shape index (κ1) is 19.3. The van der Waals surface area contributed by atoms with Gasteiger partial charge in [-0.05, 0) is 45.6 Å². The topological polar surface area (TPSA) is 55.5 Å². The van der Waals surface area contributed by atoms with Crippen LogP contribution in [0.2, 0.25) is 0 Å². The maximum atomic E-state index is 5.49. The van der Waals surface area contributed by atoms with Gasteiger partial charge >= 0.3 is 0 Å². The first-order valence-corrected chi connectivity index (χ1v) is 11.0. The van der Waals surface area contributed by atoms with Crippen LogP contribution in [0.4, 0.5) is 5.13 Å². The summed E-state index contributed by atoms with van der Waals surface area (Å²) in [5.41, 5.74) is 6.48. The zero-order valence-electron chi connectivity index (χ0n) is 17.4. The molecule has 0 unspecified atom stereocenters. The lowest BCUT2D eigenvalue weighted by Gasteiger charge is -2.26. The highest BCUT2D eigenvalue weighted by atomic mass is 32.1. The Morgan fingerprint density at radius 2 is 1.79 bits per heavy atom. The van der Waals surface area contributed by atoms with Gasteiger partial charge in [0.15, 0.2) is 10.8 Å². The third kappa shape index (κ3) is 3.31. The predicted octanol–water partition coefficient (Wildman–Crippen LogP) is 4.52. The maximum absolute atomic E-state index is 5.49. The van der Waals surface area contributed by atoms with Gasteiger partial charge in [0.05, 0.1) is 35.2 Å². The minimum atomic E-state index is 0.505. The van der Waals surface area contributed by atoms with Crippen molar-refractivity contribution < 1.29 is 4.74 Å². The number of rotatable bonds is 5. The van der Waals surface area contributed by atoms with E-state index < -0.39 is 0 Å². The van der Waals surface area contributed by atoms with Crippen molar-refractivity contribution in [2.24, 2.45) is 0 Å². The van der Waals surface area contributed by atoms with Crippen LogP contribution < -0.4 is 4.90 Å². The van der Waals surface area contributed by atoms with Crippen LogP contribution in [0.3, 0.4) is 0 Å². The van der Waals surface area contributed by atoms with E-state index in [0.717, 1.165) is 72.7 Å². The Kier molecular flexibility index (Phi) is 5.38. The molecule has 6 nitrogen and oxygen atoms in total. The summed E-state index contributed by atoms with van der Waals surface area (Å²) in [6, 6.07) is 2.21. The first-order chi connectivity index (χ1) is 13.5. The SMILES string of the molecule is CCC(CC)c1cc(C)nn2c(-c3sc(N4CCOCC4)nc3C)c(C)nc12.